The molecule has 2 aromatic rings. The van der Waals surface area contributed by atoms with Crippen molar-refractivity contribution >= 4 is 22.4 Å². The van der Waals surface area contributed by atoms with Gasteiger partial charge in [-0.2, -0.15) is 0 Å². The Balaban J connectivity index is 1.93. The number of nitrogens with one attached hydrogen (secondary N) is 1. The number of pyridine rings is 1. The summed E-state index contributed by atoms with van der Waals surface area (Å²) < 4.78 is 17.1. The Kier molecular flexibility index (Phi) is 4.85. The van der Waals surface area contributed by atoms with Gasteiger partial charge in [0.05, 0.1) is 22.2 Å². The number of carbonyl (C=O) groups is 1. The van der Waals surface area contributed by atoms with E-state index in [0.29, 0.717) is 24.3 Å². The van der Waals surface area contributed by atoms with Crippen LogP contribution in [0.4, 0.5) is 10.1 Å². The van der Waals surface area contributed by atoms with E-state index in [-0.39, 0.29) is 28.6 Å². The molecule has 1 N–H and O–H groups in total. The molecule has 8 nitrogen and oxygen atoms in total. The van der Waals surface area contributed by atoms with Gasteiger partial charge in [0, 0.05) is 48.4 Å². The smallest absolute Gasteiger partial charge is 0.266 e. The Morgan fingerprint density at radius 3 is 2.76 bits per heavy atom. The van der Waals surface area contributed by atoms with Crippen molar-refractivity contribution in [3.63, 3.8) is 0 Å². The molecule has 1 unspecified atom stereocenters. The lowest BCUT2D eigenvalue weighted by atomic mass is 10.0. The van der Waals surface area contributed by atoms with Crippen LogP contribution >= 0.6 is 0 Å². The first-order valence-corrected chi connectivity index (χ1v) is 9.79. The first-order chi connectivity index (χ1) is 13.8. The number of hydrogen-bond donors (Lipinski definition) is 1. The molecule has 1 saturated carbocycles. The fourth-order valence-corrected chi connectivity index (χ4v) is 4.09. The fraction of sp³-hybridized carbons (Fsp3) is 0.500. The molecule has 2 aliphatic rings. The molecule has 2 fully saturated rings. The highest BCUT2D eigenvalue weighted by Crippen LogP contribution is 2.39. The van der Waals surface area contributed by atoms with Crippen LogP contribution in [0.5, 0.6) is 0 Å². The minimum atomic E-state index is -0.955. The number of carbonyl (C=O) groups excluding carboxylic acids is 1. The second kappa shape index (κ2) is 7.22. The van der Waals surface area contributed by atoms with Gasteiger partial charge in [0.25, 0.3) is 6.54 Å². The summed E-state index contributed by atoms with van der Waals surface area (Å²) in [5.74, 6) is -1.33. The highest BCUT2D eigenvalue weighted by atomic mass is 19.1. The van der Waals surface area contributed by atoms with Crippen LogP contribution in [-0.4, -0.2) is 47.5 Å². The minimum Gasteiger partial charge on any atom is -0.366 e. The summed E-state index contributed by atoms with van der Waals surface area (Å²) in [5, 5.41) is 14.2. The van der Waals surface area contributed by atoms with Gasteiger partial charge in [-0.05, 0) is 32.8 Å². The average Bonchev–Trinajstić information content (AvgIpc) is 3.49. The van der Waals surface area contributed by atoms with Gasteiger partial charge in [-0.25, -0.2) is 4.39 Å². The van der Waals surface area contributed by atoms with E-state index < -0.39 is 28.5 Å². The lowest BCUT2D eigenvalue weighted by molar-refractivity contribution is -0.465. The van der Waals surface area contributed by atoms with Crippen molar-refractivity contribution in [2.24, 2.45) is 0 Å². The highest BCUT2D eigenvalue weighted by molar-refractivity contribution is 6.00. The molecule has 1 aromatic heterocycles. The summed E-state index contributed by atoms with van der Waals surface area (Å²) in [6.45, 7) is 4.65. The predicted molar refractivity (Wildman–Crippen MR) is 107 cm³/mol. The van der Waals surface area contributed by atoms with Gasteiger partial charge in [-0.3, -0.25) is 19.7 Å². The molecule has 0 bridgehead atoms. The number of halogens is 1. The molecule has 1 aliphatic heterocycles. The molecule has 0 radical (unpaired) electrons. The SMILES string of the molecule is Cc1c(F)c(N2CCNC(C)C2)cc2c1c(=O)c(C(=O)C[N+](=O)[O-])cn2C1CC1. The maximum absolute atomic E-state index is 15.3. The zero-order valence-electron chi connectivity index (χ0n) is 16.4. The van der Waals surface area contributed by atoms with Crippen LogP contribution in [0.3, 0.4) is 0 Å². The van der Waals surface area contributed by atoms with Gasteiger partial charge in [-0.1, -0.05) is 0 Å². The molecule has 29 heavy (non-hydrogen) atoms. The number of benzene rings is 1. The van der Waals surface area contributed by atoms with Crippen molar-refractivity contribution in [3.8, 4) is 0 Å². The summed E-state index contributed by atoms with van der Waals surface area (Å²) in [5.41, 5.74) is 0.322. The number of aromatic nitrogens is 1. The van der Waals surface area contributed by atoms with Crippen LogP contribution in [0.2, 0.25) is 0 Å². The minimum absolute atomic E-state index is 0.111. The second-order valence-corrected chi connectivity index (χ2v) is 7.95. The van der Waals surface area contributed by atoms with Crippen LogP contribution in [-0.2, 0) is 0 Å². The van der Waals surface area contributed by atoms with Crippen LogP contribution < -0.4 is 15.6 Å². The van der Waals surface area contributed by atoms with Gasteiger partial charge in [0.15, 0.2) is 0 Å². The van der Waals surface area contributed by atoms with E-state index in [4.69, 9.17) is 0 Å². The van der Waals surface area contributed by atoms with Gasteiger partial charge in [-0.15, -0.1) is 0 Å². The largest absolute Gasteiger partial charge is 0.366 e. The monoisotopic (exact) mass is 402 g/mol. The molecule has 4 rings (SSSR count). The molecule has 1 atom stereocenters. The number of ketones is 1. The molecular formula is C20H23FN4O4. The summed E-state index contributed by atoms with van der Waals surface area (Å²) in [6.07, 6.45) is 3.20. The number of nitrogens with zero attached hydrogens (tertiary/aromatic N) is 3. The van der Waals surface area contributed by atoms with Gasteiger partial charge < -0.3 is 14.8 Å². The summed E-state index contributed by atoms with van der Waals surface area (Å²) in [7, 11) is 0. The summed E-state index contributed by atoms with van der Waals surface area (Å²) in [6, 6.07) is 2.02. The van der Waals surface area contributed by atoms with E-state index in [0.717, 1.165) is 19.4 Å². The van der Waals surface area contributed by atoms with Crippen molar-refractivity contribution in [1.82, 2.24) is 9.88 Å². The Morgan fingerprint density at radius 2 is 2.14 bits per heavy atom. The maximum Gasteiger partial charge on any atom is 0.266 e. The number of hydrogen-bond acceptors (Lipinski definition) is 6. The van der Waals surface area contributed by atoms with Crippen LogP contribution in [0.15, 0.2) is 17.1 Å². The van der Waals surface area contributed by atoms with E-state index in [1.807, 2.05) is 16.4 Å². The van der Waals surface area contributed by atoms with Crippen molar-refractivity contribution in [1.29, 1.82) is 0 Å². The van der Waals surface area contributed by atoms with Gasteiger partial charge >= 0.3 is 0 Å². The number of fused-ring (bicyclic) bond motifs is 1. The number of anilines is 1. The fourth-order valence-electron chi connectivity index (χ4n) is 4.09. The molecule has 1 aliphatic carbocycles. The lowest BCUT2D eigenvalue weighted by Gasteiger charge is -2.34. The molecular weight excluding hydrogens is 379 g/mol. The third-order valence-electron chi connectivity index (χ3n) is 5.70. The highest BCUT2D eigenvalue weighted by Gasteiger charge is 2.30. The molecule has 1 aromatic carbocycles. The van der Waals surface area contributed by atoms with E-state index in [1.54, 1.807) is 6.07 Å². The average molecular weight is 402 g/mol. The van der Waals surface area contributed by atoms with E-state index >= 15 is 4.39 Å². The quantitative estimate of drug-likeness (QED) is 0.467. The number of Topliss-reactive ketones (excluding diaryl/α,β-unsaturated/α-hetero) is 1. The third-order valence-corrected chi connectivity index (χ3v) is 5.70. The van der Waals surface area contributed by atoms with E-state index in [2.05, 4.69) is 5.32 Å². The summed E-state index contributed by atoms with van der Waals surface area (Å²) >= 11 is 0. The van der Waals surface area contributed by atoms with E-state index in [1.165, 1.54) is 13.1 Å². The van der Waals surface area contributed by atoms with Crippen LogP contribution in [0.1, 0.15) is 41.7 Å². The maximum atomic E-state index is 15.3. The van der Waals surface area contributed by atoms with Crippen molar-refractivity contribution in [2.75, 3.05) is 31.1 Å². The van der Waals surface area contributed by atoms with Gasteiger partial charge in [0.2, 0.25) is 11.2 Å². The van der Waals surface area contributed by atoms with E-state index in [9.17, 15) is 19.7 Å². The molecule has 0 amide bonds. The standard InChI is InChI=1S/C20H23FN4O4/c1-11-8-23(6-5-22-11)16-7-15-18(12(2)19(16)21)20(27)14(17(26)10-25(28)29)9-24(15)13-3-4-13/h7,9,11,13,22H,3-6,8,10H2,1-2H3. The Morgan fingerprint density at radius 1 is 1.41 bits per heavy atom. The third kappa shape index (κ3) is 3.50. The first-order valence-electron chi connectivity index (χ1n) is 9.79. The molecule has 0 spiro atoms. The van der Waals surface area contributed by atoms with Crippen LogP contribution in [0, 0.1) is 22.9 Å². The van der Waals surface area contributed by atoms with Crippen molar-refractivity contribution in [2.45, 2.75) is 38.8 Å². The normalized spacial score (nSPS) is 19.6. The molecule has 1 saturated heterocycles. The topological polar surface area (TPSA) is 97.5 Å². The Hall–Kier alpha value is -2.81. The Bertz CT molecular complexity index is 1080. The number of nitro groups is 1. The van der Waals surface area contributed by atoms with Gasteiger partial charge in [0.1, 0.15) is 5.82 Å². The zero-order chi connectivity index (χ0) is 20.9. The van der Waals surface area contributed by atoms with Crippen molar-refractivity contribution < 1.29 is 14.1 Å². The molecule has 9 heteroatoms. The predicted octanol–water partition coefficient (Wildman–Crippen LogP) is 2.04. The first kappa shape index (κ1) is 19.5. The molecule has 154 valence electrons. The van der Waals surface area contributed by atoms with Crippen LogP contribution in [0.25, 0.3) is 10.9 Å². The van der Waals surface area contributed by atoms with Crippen molar-refractivity contribution in [3.05, 3.63) is 49.5 Å². The number of aryl methyl sites for hydroxylation is 1. The summed E-state index contributed by atoms with van der Waals surface area (Å²) in [4.78, 5) is 37.3. The zero-order valence-corrected chi connectivity index (χ0v) is 16.4. The second-order valence-electron chi connectivity index (χ2n) is 7.95. The number of piperazine rings is 1. The molecule has 2 heterocycles. The number of rotatable bonds is 5. The lowest BCUT2D eigenvalue weighted by Crippen LogP contribution is -2.49. The Labute approximate surface area is 166 Å².